The van der Waals surface area contributed by atoms with Gasteiger partial charge in [0.2, 0.25) is 0 Å². The van der Waals surface area contributed by atoms with Gasteiger partial charge in [-0.2, -0.15) is 5.26 Å². The van der Waals surface area contributed by atoms with Crippen molar-refractivity contribution in [3.8, 4) is 6.07 Å². The number of nitrogens with zero attached hydrogens (tertiary/aromatic N) is 3. The third-order valence-corrected chi connectivity index (χ3v) is 4.15. The Morgan fingerprint density at radius 1 is 1.33 bits per heavy atom. The van der Waals surface area contributed by atoms with E-state index in [0.717, 1.165) is 39.1 Å². The Hall–Kier alpha value is -1.41. The van der Waals surface area contributed by atoms with Crippen molar-refractivity contribution in [1.82, 2.24) is 9.80 Å². The first-order valence-corrected chi connectivity index (χ1v) is 7.76. The minimum Gasteiger partial charge on any atom is -0.392 e. The topological polar surface area (TPSA) is 50.5 Å². The van der Waals surface area contributed by atoms with Crippen LogP contribution in [0.4, 0.5) is 0 Å². The molecule has 0 radical (unpaired) electrons. The van der Waals surface area contributed by atoms with Gasteiger partial charge in [-0.1, -0.05) is 19.1 Å². The molecule has 114 valence electrons. The number of β-amino-alcohol motifs (C(OH)–C–C–N with tert-alkyl or cyclic N) is 1. The summed E-state index contributed by atoms with van der Waals surface area (Å²) in [5.41, 5.74) is 1.97. The van der Waals surface area contributed by atoms with Crippen LogP contribution >= 0.6 is 0 Å². The van der Waals surface area contributed by atoms with E-state index in [-0.39, 0.29) is 6.10 Å². The summed E-state index contributed by atoms with van der Waals surface area (Å²) in [4.78, 5) is 4.87. The van der Waals surface area contributed by atoms with Gasteiger partial charge in [0.05, 0.1) is 17.7 Å². The predicted octanol–water partition coefficient (Wildman–Crippen LogP) is 1.84. The van der Waals surface area contributed by atoms with E-state index in [0.29, 0.717) is 11.6 Å². The molecule has 2 atom stereocenters. The van der Waals surface area contributed by atoms with Gasteiger partial charge in [-0.25, -0.2) is 0 Å². The van der Waals surface area contributed by atoms with Gasteiger partial charge in [-0.3, -0.25) is 9.80 Å². The van der Waals surface area contributed by atoms with Gasteiger partial charge in [0.15, 0.2) is 0 Å². The molecule has 2 unspecified atom stereocenters. The van der Waals surface area contributed by atoms with Crippen molar-refractivity contribution in [3.63, 3.8) is 0 Å². The number of benzene rings is 1. The highest BCUT2D eigenvalue weighted by Gasteiger charge is 2.26. The summed E-state index contributed by atoms with van der Waals surface area (Å²) in [6, 6.07) is 10.5. The van der Waals surface area contributed by atoms with Crippen molar-refractivity contribution in [3.05, 3.63) is 35.4 Å². The summed E-state index contributed by atoms with van der Waals surface area (Å²) in [6.45, 7) is 8.86. The average Bonchev–Trinajstić information content (AvgIpc) is 2.49. The van der Waals surface area contributed by atoms with Crippen molar-refractivity contribution >= 4 is 0 Å². The maximum Gasteiger partial charge on any atom is 0.0991 e. The van der Waals surface area contributed by atoms with Crippen LogP contribution in [0.15, 0.2) is 24.3 Å². The molecule has 4 nitrogen and oxygen atoms in total. The first kappa shape index (κ1) is 16.0. The summed E-state index contributed by atoms with van der Waals surface area (Å²) in [5.74, 6) is 0. The van der Waals surface area contributed by atoms with Crippen LogP contribution in [0, 0.1) is 11.3 Å². The van der Waals surface area contributed by atoms with E-state index < -0.39 is 0 Å². The molecular weight excluding hydrogens is 262 g/mol. The second kappa shape index (κ2) is 7.56. The second-order valence-corrected chi connectivity index (χ2v) is 5.95. The molecule has 21 heavy (non-hydrogen) atoms. The molecule has 0 saturated carbocycles. The molecule has 4 heteroatoms. The minimum atomic E-state index is -0.260. The zero-order valence-corrected chi connectivity index (χ0v) is 13.0. The van der Waals surface area contributed by atoms with Gasteiger partial charge >= 0.3 is 0 Å². The van der Waals surface area contributed by atoms with E-state index in [2.05, 4.69) is 22.8 Å². The fourth-order valence-corrected chi connectivity index (χ4v) is 3.01. The summed E-state index contributed by atoms with van der Waals surface area (Å²) in [7, 11) is 0. The Kier molecular flexibility index (Phi) is 5.75. The van der Waals surface area contributed by atoms with Crippen LogP contribution in [0.1, 0.15) is 31.4 Å². The number of hydrogen-bond donors (Lipinski definition) is 1. The number of rotatable bonds is 5. The molecule has 1 fully saturated rings. The number of piperazine rings is 1. The lowest BCUT2D eigenvalue weighted by atomic mass is 10.1. The fourth-order valence-electron chi connectivity index (χ4n) is 3.01. The number of aliphatic hydroxyl groups is 1. The maximum absolute atomic E-state index is 9.59. The van der Waals surface area contributed by atoms with Crippen LogP contribution < -0.4 is 0 Å². The standard InChI is InChI=1S/C17H25N3O/c1-3-17-13-19(8-9-20(17)11-14(2)21)12-16-6-4-15(10-18)5-7-16/h4-7,14,17,21H,3,8-9,11-13H2,1-2H3. The molecule has 0 aliphatic carbocycles. The molecule has 1 heterocycles. The van der Waals surface area contributed by atoms with Crippen molar-refractivity contribution in [2.24, 2.45) is 0 Å². The second-order valence-electron chi connectivity index (χ2n) is 5.95. The van der Waals surface area contributed by atoms with E-state index in [4.69, 9.17) is 5.26 Å². The van der Waals surface area contributed by atoms with E-state index in [9.17, 15) is 5.11 Å². The van der Waals surface area contributed by atoms with E-state index in [1.165, 1.54) is 5.56 Å². The first-order valence-electron chi connectivity index (χ1n) is 7.76. The molecule has 0 aromatic heterocycles. The van der Waals surface area contributed by atoms with Crippen molar-refractivity contribution in [2.75, 3.05) is 26.2 Å². The van der Waals surface area contributed by atoms with Gasteiger partial charge in [0, 0.05) is 38.8 Å². The Labute approximate surface area is 127 Å². The maximum atomic E-state index is 9.59. The quantitative estimate of drug-likeness (QED) is 0.898. The van der Waals surface area contributed by atoms with Crippen molar-refractivity contribution in [1.29, 1.82) is 5.26 Å². The van der Waals surface area contributed by atoms with Crippen LogP contribution in [-0.2, 0) is 6.54 Å². The average molecular weight is 287 g/mol. The Morgan fingerprint density at radius 2 is 2.05 bits per heavy atom. The van der Waals surface area contributed by atoms with Gasteiger partial charge < -0.3 is 5.11 Å². The molecule has 1 aliphatic heterocycles. The third-order valence-electron chi connectivity index (χ3n) is 4.15. The van der Waals surface area contributed by atoms with Crippen LogP contribution in [0.2, 0.25) is 0 Å². The smallest absolute Gasteiger partial charge is 0.0991 e. The molecule has 1 aromatic carbocycles. The summed E-state index contributed by atoms with van der Waals surface area (Å²) in [6.07, 6.45) is 0.848. The Bertz CT molecular complexity index is 478. The van der Waals surface area contributed by atoms with Crippen LogP contribution in [0.25, 0.3) is 0 Å². The zero-order chi connectivity index (χ0) is 15.2. The monoisotopic (exact) mass is 287 g/mol. The van der Waals surface area contributed by atoms with Crippen LogP contribution in [0.5, 0.6) is 0 Å². The predicted molar refractivity (Wildman–Crippen MR) is 83.8 cm³/mol. The third kappa shape index (κ3) is 4.53. The lowest BCUT2D eigenvalue weighted by Crippen LogP contribution is -2.54. The molecule has 0 amide bonds. The van der Waals surface area contributed by atoms with Gasteiger partial charge in [0.1, 0.15) is 0 Å². The van der Waals surface area contributed by atoms with Gasteiger partial charge in [-0.05, 0) is 31.0 Å². The normalized spacial score (nSPS) is 21.9. The highest BCUT2D eigenvalue weighted by Crippen LogP contribution is 2.16. The molecule has 0 spiro atoms. The molecule has 2 rings (SSSR count). The molecule has 1 aliphatic rings. The van der Waals surface area contributed by atoms with Crippen molar-refractivity contribution < 1.29 is 5.11 Å². The van der Waals surface area contributed by atoms with E-state index >= 15 is 0 Å². The minimum absolute atomic E-state index is 0.260. The van der Waals surface area contributed by atoms with Crippen LogP contribution in [0.3, 0.4) is 0 Å². The van der Waals surface area contributed by atoms with Crippen LogP contribution in [-0.4, -0.2) is 53.2 Å². The van der Waals surface area contributed by atoms with Crippen molar-refractivity contribution in [2.45, 2.75) is 39.0 Å². The lowest BCUT2D eigenvalue weighted by Gasteiger charge is -2.41. The Morgan fingerprint density at radius 3 is 2.62 bits per heavy atom. The summed E-state index contributed by atoms with van der Waals surface area (Å²) < 4.78 is 0. The fraction of sp³-hybridized carbons (Fsp3) is 0.588. The zero-order valence-electron chi connectivity index (χ0n) is 13.0. The number of hydrogen-bond acceptors (Lipinski definition) is 4. The molecule has 1 saturated heterocycles. The van der Waals surface area contributed by atoms with E-state index in [1.54, 1.807) is 0 Å². The number of aliphatic hydroxyl groups excluding tert-OH is 1. The molecular formula is C17H25N3O. The Balaban J connectivity index is 1.92. The lowest BCUT2D eigenvalue weighted by molar-refractivity contribution is 0.0338. The summed E-state index contributed by atoms with van der Waals surface area (Å²) >= 11 is 0. The molecule has 1 N–H and O–H groups in total. The van der Waals surface area contributed by atoms with E-state index in [1.807, 2.05) is 31.2 Å². The summed E-state index contributed by atoms with van der Waals surface area (Å²) in [5, 5.41) is 18.4. The molecule has 1 aromatic rings. The van der Waals surface area contributed by atoms with Gasteiger partial charge in [0.25, 0.3) is 0 Å². The SMILES string of the molecule is CCC1CN(Cc2ccc(C#N)cc2)CCN1CC(C)O. The highest BCUT2D eigenvalue weighted by molar-refractivity contribution is 5.31. The largest absolute Gasteiger partial charge is 0.392 e. The molecule has 0 bridgehead atoms. The number of nitriles is 1. The first-order chi connectivity index (χ1) is 10.1. The van der Waals surface area contributed by atoms with Gasteiger partial charge in [-0.15, -0.1) is 0 Å². The highest BCUT2D eigenvalue weighted by atomic mass is 16.3.